The zero-order valence-electron chi connectivity index (χ0n) is 5.34. The fourth-order valence-corrected chi connectivity index (χ4v) is 1.94. The maximum atomic E-state index is 8.72. The summed E-state index contributed by atoms with van der Waals surface area (Å²) in [6.45, 7) is 1.80. The van der Waals surface area contributed by atoms with Crippen LogP contribution in [0.5, 0.6) is 0 Å². The first-order valence-corrected chi connectivity index (χ1v) is 3.92. The van der Waals surface area contributed by atoms with Crippen LogP contribution in [0.3, 0.4) is 0 Å². The van der Waals surface area contributed by atoms with E-state index in [1.807, 2.05) is 0 Å². The van der Waals surface area contributed by atoms with E-state index in [4.69, 9.17) is 21.6 Å². The highest BCUT2D eigenvalue weighted by Gasteiger charge is 2.16. The topological polar surface area (TPSA) is 40.5 Å². The van der Waals surface area contributed by atoms with Gasteiger partial charge in [0, 0.05) is 4.88 Å². The Morgan fingerprint density at radius 3 is 2.40 bits per heavy atom. The lowest BCUT2D eigenvalue weighted by Gasteiger charge is -1.93. The Morgan fingerprint density at radius 2 is 2.20 bits per heavy atom. The van der Waals surface area contributed by atoms with Gasteiger partial charge in [0.1, 0.15) is 0 Å². The van der Waals surface area contributed by atoms with E-state index in [1.165, 1.54) is 11.3 Å². The van der Waals surface area contributed by atoms with Crippen molar-refractivity contribution in [2.45, 2.75) is 6.92 Å². The average Bonchev–Trinajstić information content (AvgIpc) is 2.10. The van der Waals surface area contributed by atoms with Gasteiger partial charge in [-0.3, -0.25) is 0 Å². The SMILES string of the molecule is Cc1sc(Cl)cc1B(O)O. The monoisotopic (exact) mass is 176 g/mol. The fraction of sp³-hybridized carbons (Fsp3) is 0.200. The van der Waals surface area contributed by atoms with Gasteiger partial charge in [0.2, 0.25) is 0 Å². The summed E-state index contributed by atoms with van der Waals surface area (Å²) in [5, 5.41) is 17.4. The fourth-order valence-electron chi connectivity index (χ4n) is 0.715. The molecule has 1 rings (SSSR count). The maximum absolute atomic E-state index is 8.72. The van der Waals surface area contributed by atoms with Gasteiger partial charge in [0.25, 0.3) is 0 Å². The average molecular weight is 176 g/mol. The standard InChI is InChI=1S/C5H6BClO2S/c1-3-4(6(8)9)2-5(7)10-3/h2,8-9H,1H3. The Balaban J connectivity index is 3.03. The van der Waals surface area contributed by atoms with E-state index in [0.29, 0.717) is 9.80 Å². The van der Waals surface area contributed by atoms with Crippen LogP contribution >= 0.6 is 22.9 Å². The molecule has 0 atom stereocenters. The molecule has 2 nitrogen and oxygen atoms in total. The zero-order chi connectivity index (χ0) is 7.72. The molecule has 0 unspecified atom stereocenters. The van der Waals surface area contributed by atoms with Gasteiger partial charge >= 0.3 is 7.12 Å². The van der Waals surface area contributed by atoms with Crippen molar-refractivity contribution in [3.8, 4) is 0 Å². The minimum absolute atomic E-state index is 0.495. The lowest BCUT2D eigenvalue weighted by molar-refractivity contribution is 0.425. The summed E-state index contributed by atoms with van der Waals surface area (Å²) in [5.41, 5.74) is 0.495. The van der Waals surface area contributed by atoms with E-state index in [-0.39, 0.29) is 0 Å². The second-order valence-electron chi connectivity index (χ2n) is 1.94. The molecule has 0 amide bonds. The number of thiophene rings is 1. The minimum atomic E-state index is -1.40. The van der Waals surface area contributed by atoms with Crippen molar-refractivity contribution in [1.82, 2.24) is 0 Å². The van der Waals surface area contributed by atoms with Gasteiger partial charge in [-0.05, 0) is 18.5 Å². The van der Waals surface area contributed by atoms with Crippen LogP contribution in [0.4, 0.5) is 0 Å². The van der Waals surface area contributed by atoms with Crippen molar-refractivity contribution in [2.24, 2.45) is 0 Å². The van der Waals surface area contributed by atoms with Crippen LogP contribution in [0.25, 0.3) is 0 Å². The number of hydrogen-bond donors (Lipinski definition) is 2. The Kier molecular flexibility index (Phi) is 2.36. The maximum Gasteiger partial charge on any atom is 0.489 e. The van der Waals surface area contributed by atoms with Crippen LogP contribution in [-0.2, 0) is 0 Å². The van der Waals surface area contributed by atoms with Crippen LogP contribution in [-0.4, -0.2) is 17.2 Å². The van der Waals surface area contributed by atoms with Crippen LogP contribution in [0.2, 0.25) is 4.34 Å². The number of hydrogen-bond acceptors (Lipinski definition) is 3. The van der Waals surface area contributed by atoms with Crippen molar-refractivity contribution < 1.29 is 10.0 Å². The zero-order valence-corrected chi connectivity index (χ0v) is 6.91. The van der Waals surface area contributed by atoms with Gasteiger partial charge in [-0.2, -0.15) is 0 Å². The molecule has 2 N–H and O–H groups in total. The summed E-state index contributed by atoms with van der Waals surface area (Å²) in [6.07, 6.45) is 0. The van der Waals surface area contributed by atoms with E-state index in [2.05, 4.69) is 0 Å². The first-order valence-electron chi connectivity index (χ1n) is 2.73. The number of aryl methyl sites for hydroxylation is 1. The summed E-state index contributed by atoms with van der Waals surface area (Å²) in [7, 11) is -1.40. The second kappa shape index (κ2) is 2.92. The first kappa shape index (κ1) is 8.08. The van der Waals surface area contributed by atoms with Crippen LogP contribution in [0, 0.1) is 6.92 Å². The van der Waals surface area contributed by atoms with Gasteiger partial charge in [-0.25, -0.2) is 0 Å². The van der Waals surface area contributed by atoms with Crippen LogP contribution in [0.1, 0.15) is 4.88 Å². The van der Waals surface area contributed by atoms with Gasteiger partial charge in [-0.15, -0.1) is 11.3 Å². The van der Waals surface area contributed by atoms with Gasteiger partial charge < -0.3 is 10.0 Å². The third-order valence-corrected chi connectivity index (χ3v) is 2.40. The molecule has 0 aliphatic heterocycles. The minimum Gasteiger partial charge on any atom is -0.423 e. The van der Waals surface area contributed by atoms with Crippen molar-refractivity contribution in [3.63, 3.8) is 0 Å². The van der Waals surface area contributed by atoms with E-state index < -0.39 is 7.12 Å². The smallest absolute Gasteiger partial charge is 0.423 e. The molecule has 1 aromatic rings. The Morgan fingerprint density at radius 1 is 1.60 bits per heavy atom. The molecule has 54 valence electrons. The van der Waals surface area contributed by atoms with Crippen molar-refractivity contribution in [3.05, 3.63) is 15.3 Å². The predicted octanol–water partition coefficient (Wildman–Crippen LogP) is 0.390. The van der Waals surface area contributed by atoms with Gasteiger partial charge in [0.05, 0.1) is 4.34 Å². The Hall–Kier alpha value is -0.0251. The molecule has 0 saturated carbocycles. The molecule has 5 heteroatoms. The van der Waals surface area contributed by atoms with Crippen LogP contribution in [0.15, 0.2) is 6.07 Å². The molecular weight excluding hydrogens is 170 g/mol. The van der Waals surface area contributed by atoms with E-state index in [9.17, 15) is 0 Å². The Bertz CT molecular complexity index is 236. The van der Waals surface area contributed by atoms with Crippen molar-refractivity contribution >= 4 is 35.5 Å². The second-order valence-corrected chi connectivity index (χ2v) is 3.82. The first-order chi connectivity index (χ1) is 4.61. The van der Waals surface area contributed by atoms with Gasteiger partial charge in [-0.1, -0.05) is 11.6 Å². The molecule has 0 saturated heterocycles. The quantitative estimate of drug-likeness (QED) is 0.608. The van der Waals surface area contributed by atoms with Gasteiger partial charge in [0.15, 0.2) is 0 Å². The molecule has 0 spiro atoms. The highest BCUT2D eigenvalue weighted by atomic mass is 35.5. The molecule has 0 aliphatic rings. The Labute approximate surface area is 68.2 Å². The largest absolute Gasteiger partial charge is 0.489 e. The lowest BCUT2D eigenvalue weighted by atomic mass is 9.81. The molecule has 10 heavy (non-hydrogen) atoms. The third-order valence-electron chi connectivity index (χ3n) is 1.20. The molecule has 0 radical (unpaired) electrons. The number of halogens is 1. The van der Waals surface area contributed by atoms with E-state index >= 15 is 0 Å². The molecule has 0 bridgehead atoms. The molecule has 0 aromatic carbocycles. The molecular formula is C5H6BClO2S. The van der Waals surface area contributed by atoms with E-state index in [1.54, 1.807) is 13.0 Å². The van der Waals surface area contributed by atoms with E-state index in [0.717, 1.165) is 4.88 Å². The van der Waals surface area contributed by atoms with Crippen molar-refractivity contribution in [1.29, 1.82) is 0 Å². The summed E-state index contributed by atoms with van der Waals surface area (Å²) in [4.78, 5) is 0.847. The molecule has 1 heterocycles. The lowest BCUT2D eigenvalue weighted by Crippen LogP contribution is -2.29. The molecule has 0 fully saturated rings. The third kappa shape index (κ3) is 1.52. The normalized spacial score (nSPS) is 10.0. The predicted molar refractivity (Wildman–Crippen MR) is 43.9 cm³/mol. The summed E-state index contributed by atoms with van der Waals surface area (Å²) in [6, 6.07) is 1.56. The number of rotatable bonds is 1. The highest BCUT2D eigenvalue weighted by Crippen LogP contribution is 2.18. The summed E-state index contributed by atoms with van der Waals surface area (Å²) < 4.78 is 0.584. The molecule has 0 aliphatic carbocycles. The summed E-state index contributed by atoms with van der Waals surface area (Å²) in [5.74, 6) is 0. The highest BCUT2D eigenvalue weighted by molar-refractivity contribution is 7.17. The van der Waals surface area contributed by atoms with Crippen LogP contribution < -0.4 is 5.46 Å². The molecule has 1 aromatic heterocycles. The summed E-state index contributed by atoms with van der Waals surface area (Å²) >= 11 is 6.95. The van der Waals surface area contributed by atoms with Crippen molar-refractivity contribution in [2.75, 3.05) is 0 Å².